The first-order chi connectivity index (χ1) is 5.97. The Kier molecular flexibility index (Phi) is 11.1. The lowest BCUT2D eigenvalue weighted by Crippen LogP contribution is -2.04. The predicted molar refractivity (Wildman–Crippen MR) is 60.6 cm³/mol. The zero-order valence-corrected chi connectivity index (χ0v) is 10.7. The van der Waals surface area contributed by atoms with E-state index < -0.39 is 18.6 Å². The van der Waals surface area contributed by atoms with E-state index >= 15 is 0 Å². The van der Waals surface area contributed by atoms with Gasteiger partial charge in [0.25, 0.3) is 0 Å². The predicted octanol–water partition coefficient (Wildman–Crippen LogP) is 2.42. The second-order valence-corrected chi connectivity index (χ2v) is 8.47. The van der Waals surface area contributed by atoms with Gasteiger partial charge in [0.2, 0.25) is 0 Å². The Balaban J connectivity index is 0. The molecule has 0 aliphatic rings. The fraction of sp³-hybridized carbons (Fsp3) is 1.00. The Morgan fingerprint density at radius 1 is 1.08 bits per heavy atom. The second kappa shape index (κ2) is 9.07. The van der Waals surface area contributed by atoms with Crippen LogP contribution in [0.5, 0.6) is 0 Å². The van der Waals surface area contributed by atoms with Crippen LogP contribution in [0, 0.1) is 0 Å². The Hall–Kier alpha value is 0.500. The highest BCUT2D eigenvalue weighted by molar-refractivity contribution is 7.75. The maximum Gasteiger partial charge on any atom is 0.0814 e. The molecule has 0 aromatic carbocycles. The standard InChI is InChI=1S/C8H20P.H2O3S/c1-5-9(6-2,7-3)8-4;1-4(2)3/h5-8H2,1-4H3;(H2,1,2,3)/q+1;/p-1. The minimum atomic E-state index is -2.86. The summed E-state index contributed by atoms with van der Waals surface area (Å²) in [6, 6.07) is 0. The van der Waals surface area contributed by atoms with Crippen molar-refractivity contribution < 1.29 is 13.3 Å². The van der Waals surface area contributed by atoms with E-state index in [0.29, 0.717) is 0 Å². The molecule has 13 heavy (non-hydrogen) atoms. The van der Waals surface area contributed by atoms with Gasteiger partial charge in [-0.25, -0.2) is 4.21 Å². The van der Waals surface area contributed by atoms with E-state index in [4.69, 9.17) is 13.3 Å². The summed E-state index contributed by atoms with van der Waals surface area (Å²) in [6.07, 6.45) is 5.82. The Bertz CT molecular complexity index is 116. The molecule has 5 heteroatoms. The zero-order valence-electron chi connectivity index (χ0n) is 8.95. The lowest BCUT2D eigenvalue weighted by Gasteiger charge is -2.20. The fourth-order valence-electron chi connectivity index (χ4n) is 1.34. The van der Waals surface area contributed by atoms with Crippen LogP contribution in [0.25, 0.3) is 0 Å². The van der Waals surface area contributed by atoms with Gasteiger partial charge in [-0.3, -0.25) is 0 Å². The lowest BCUT2D eigenvalue weighted by atomic mass is 10.9. The molecule has 0 fully saturated rings. The summed E-state index contributed by atoms with van der Waals surface area (Å²) in [4.78, 5) is 0. The summed E-state index contributed by atoms with van der Waals surface area (Å²) in [5.74, 6) is 0. The van der Waals surface area contributed by atoms with Gasteiger partial charge in [-0.15, -0.1) is 0 Å². The molecule has 3 nitrogen and oxygen atoms in total. The van der Waals surface area contributed by atoms with Gasteiger partial charge in [-0.05, 0) is 27.7 Å². The van der Waals surface area contributed by atoms with E-state index in [-0.39, 0.29) is 0 Å². The molecule has 0 bridgehead atoms. The van der Waals surface area contributed by atoms with Crippen molar-refractivity contribution in [2.45, 2.75) is 27.7 Å². The normalized spacial score (nSPS) is 13.1. The van der Waals surface area contributed by atoms with Crippen LogP contribution < -0.4 is 0 Å². The minimum absolute atomic E-state index is 0.420. The van der Waals surface area contributed by atoms with E-state index in [9.17, 15) is 0 Å². The highest BCUT2D eigenvalue weighted by Crippen LogP contribution is 2.57. The quantitative estimate of drug-likeness (QED) is 0.593. The van der Waals surface area contributed by atoms with Gasteiger partial charge in [0.15, 0.2) is 0 Å². The second-order valence-electron chi connectivity index (χ2n) is 2.82. The van der Waals surface area contributed by atoms with E-state index in [1.807, 2.05) is 0 Å². The molecule has 0 heterocycles. The molecule has 1 N–H and O–H groups in total. The first-order valence-corrected chi connectivity index (χ1v) is 8.17. The van der Waals surface area contributed by atoms with E-state index in [1.54, 1.807) is 0 Å². The molecule has 0 rings (SSSR count). The van der Waals surface area contributed by atoms with Gasteiger partial charge in [-0.2, -0.15) is 0 Å². The van der Waals surface area contributed by atoms with Crippen molar-refractivity contribution in [1.29, 1.82) is 0 Å². The average Bonchev–Trinajstić information content (AvgIpc) is 2.09. The molecule has 0 radical (unpaired) electrons. The summed E-state index contributed by atoms with van der Waals surface area (Å²) in [7, 11) is -0.420. The molecule has 0 aromatic heterocycles. The highest BCUT2D eigenvalue weighted by Gasteiger charge is 2.27. The number of hydrogen-bond acceptors (Lipinski definition) is 2. The summed E-state index contributed by atoms with van der Waals surface area (Å²) in [5, 5.41) is 0. The van der Waals surface area contributed by atoms with Crippen LogP contribution in [-0.4, -0.2) is 38.0 Å². The summed E-state index contributed by atoms with van der Waals surface area (Å²) in [5.41, 5.74) is 0. The van der Waals surface area contributed by atoms with Gasteiger partial charge >= 0.3 is 0 Å². The van der Waals surface area contributed by atoms with Crippen LogP contribution in [0.15, 0.2) is 0 Å². The SMILES string of the molecule is CC[P+](CC)(CC)CC.O=S([O-])O. The number of hydrogen-bond donors (Lipinski definition) is 1. The molecule has 0 amide bonds. The molecular weight excluding hydrogens is 207 g/mol. The first-order valence-electron chi connectivity index (χ1n) is 4.61. The Labute approximate surface area is 84.8 Å². The van der Waals surface area contributed by atoms with Crippen molar-refractivity contribution in [1.82, 2.24) is 0 Å². The molecule has 0 saturated heterocycles. The van der Waals surface area contributed by atoms with Crippen molar-refractivity contribution in [2.24, 2.45) is 0 Å². The van der Waals surface area contributed by atoms with E-state index in [2.05, 4.69) is 27.7 Å². The van der Waals surface area contributed by atoms with Crippen LogP contribution >= 0.6 is 7.26 Å². The smallest absolute Gasteiger partial charge is 0.0814 e. The topological polar surface area (TPSA) is 60.4 Å². The summed E-state index contributed by atoms with van der Waals surface area (Å²) < 4.78 is 24.1. The molecule has 82 valence electrons. The molecular formula is C8H21O3PS. The largest absolute Gasteiger partial charge is 0.750 e. The van der Waals surface area contributed by atoms with Crippen LogP contribution in [-0.2, 0) is 11.4 Å². The molecule has 1 atom stereocenters. The maximum absolute atomic E-state index is 8.56. The van der Waals surface area contributed by atoms with Crippen molar-refractivity contribution in [3.63, 3.8) is 0 Å². The van der Waals surface area contributed by atoms with E-state index in [1.165, 1.54) is 24.6 Å². The third kappa shape index (κ3) is 8.82. The van der Waals surface area contributed by atoms with Crippen molar-refractivity contribution >= 4 is 18.6 Å². The average molecular weight is 228 g/mol. The maximum atomic E-state index is 8.56. The van der Waals surface area contributed by atoms with Gasteiger partial charge in [0, 0.05) is 7.26 Å². The highest BCUT2D eigenvalue weighted by atomic mass is 32.2. The molecule has 0 aromatic rings. The van der Waals surface area contributed by atoms with Crippen molar-refractivity contribution in [2.75, 3.05) is 24.6 Å². The van der Waals surface area contributed by atoms with Crippen LogP contribution in [0.3, 0.4) is 0 Å². The van der Waals surface area contributed by atoms with Crippen LogP contribution in [0.1, 0.15) is 27.7 Å². The summed E-state index contributed by atoms with van der Waals surface area (Å²) >= 11 is -2.86. The zero-order chi connectivity index (χ0) is 10.9. The van der Waals surface area contributed by atoms with Gasteiger partial charge < -0.3 is 9.11 Å². The third-order valence-electron chi connectivity index (χ3n) is 2.68. The summed E-state index contributed by atoms with van der Waals surface area (Å²) in [6.45, 7) is 9.41. The molecule has 0 spiro atoms. The monoisotopic (exact) mass is 228 g/mol. The van der Waals surface area contributed by atoms with Gasteiger partial charge in [-0.1, -0.05) is 0 Å². The molecule has 0 aliphatic heterocycles. The Morgan fingerprint density at radius 3 is 1.23 bits per heavy atom. The molecule has 0 aliphatic carbocycles. The van der Waals surface area contributed by atoms with E-state index in [0.717, 1.165) is 0 Å². The van der Waals surface area contributed by atoms with Crippen molar-refractivity contribution in [3.8, 4) is 0 Å². The first kappa shape index (κ1) is 15.9. The van der Waals surface area contributed by atoms with Crippen LogP contribution in [0.2, 0.25) is 0 Å². The minimum Gasteiger partial charge on any atom is -0.750 e. The molecule has 1 unspecified atom stereocenters. The Morgan fingerprint density at radius 2 is 1.23 bits per heavy atom. The lowest BCUT2D eigenvalue weighted by molar-refractivity contribution is 0.436. The van der Waals surface area contributed by atoms with Gasteiger partial charge in [0.05, 0.1) is 36.0 Å². The van der Waals surface area contributed by atoms with Crippen LogP contribution in [0.4, 0.5) is 0 Å². The van der Waals surface area contributed by atoms with Gasteiger partial charge in [0.1, 0.15) is 0 Å². The fourth-order valence-corrected chi connectivity index (χ4v) is 4.02. The third-order valence-corrected chi connectivity index (χ3v) is 8.05. The van der Waals surface area contributed by atoms with Crippen molar-refractivity contribution in [3.05, 3.63) is 0 Å². The molecule has 0 saturated carbocycles. The number of rotatable bonds is 4.